The van der Waals surface area contributed by atoms with E-state index in [9.17, 15) is 0 Å². The van der Waals surface area contributed by atoms with Crippen LogP contribution in [0, 0.1) is 0 Å². The van der Waals surface area contributed by atoms with Gasteiger partial charge >= 0.3 is 0 Å². The van der Waals surface area contributed by atoms with Crippen molar-refractivity contribution in [1.29, 1.82) is 0 Å². The first-order chi connectivity index (χ1) is 7.28. The topological polar surface area (TPSA) is 67.7 Å². The predicted octanol–water partition coefficient (Wildman–Crippen LogP) is 0.995. The molecule has 0 spiro atoms. The molecule has 0 fully saturated rings. The standard InChI is InChI=1S/C9H12N6/c1-10-8-5-9(12-6-11-8)13-7-3-4-15(2)14-7/h3-6H,1-2H3,(H2,10,11,12,13,14). The van der Waals surface area contributed by atoms with E-state index < -0.39 is 0 Å². The number of anilines is 3. The van der Waals surface area contributed by atoms with Gasteiger partial charge in [0, 0.05) is 32.4 Å². The fourth-order valence-electron chi connectivity index (χ4n) is 1.18. The smallest absolute Gasteiger partial charge is 0.153 e. The van der Waals surface area contributed by atoms with Gasteiger partial charge in [0.05, 0.1) is 0 Å². The molecule has 0 aliphatic rings. The van der Waals surface area contributed by atoms with Gasteiger partial charge in [-0.2, -0.15) is 5.10 Å². The Hall–Kier alpha value is -2.11. The molecule has 0 unspecified atom stereocenters. The molecule has 6 heteroatoms. The average molecular weight is 204 g/mol. The fourth-order valence-corrected chi connectivity index (χ4v) is 1.18. The Morgan fingerprint density at radius 1 is 1.20 bits per heavy atom. The Labute approximate surface area is 87.4 Å². The second-order valence-corrected chi connectivity index (χ2v) is 3.04. The minimum absolute atomic E-state index is 0.716. The second kappa shape index (κ2) is 3.95. The zero-order valence-corrected chi connectivity index (χ0v) is 8.60. The SMILES string of the molecule is CNc1cc(Nc2ccn(C)n2)ncn1. The molecule has 0 saturated carbocycles. The summed E-state index contributed by atoms with van der Waals surface area (Å²) in [7, 11) is 3.68. The van der Waals surface area contributed by atoms with Gasteiger partial charge in [0.1, 0.15) is 18.0 Å². The van der Waals surface area contributed by atoms with Crippen LogP contribution in [0.2, 0.25) is 0 Å². The zero-order valence-electron chi connectivity index (χ0n) is 8.60. The van der Waals surface area contributed by atoms with Crippen molar-refractivity contribution in [2.75, 3.05) is 17.7 Å². The number of hydrogen-bond donors (Lipinski definition) is 2. The van der Waals surface area contributed by atoms with Crippen LogP contribution in [0.1, 0.15) is 0 Å². The Kier molecular flexibility index (Phi) is 2.49. The third-order valence-corrected chi connectivity index (χ3v) is 1.89. The summed E-state index contributed by atoms with van der Waals surface area (Å²) in [5, 5.41) is 10.2. The summed E-state index contributed by atoms with van der Waals surface area (Å²) in [6.45, 7) is 0. The number of rotatable bonds is 3. The van der Waals surface area contributed by atoms with Crippen LogP contribution >= 0.6 is 0 Å². The van der Waals surface area contributed by atoms with Gasteiger partial charge in [-0.05, 0) is 0 Å². The van der Waals surface area contributed by atoms with E-state index in [1.165, 1.54) is 6.33 Å². The van der Waals surface area contributed by atoms with Crippen LogP contribution in [-0.4, -0.2) is 26.8 Å². The summed E-state index contributed by atoms with van der Waals surface area (Å²) in [5.74, 6) is 2.25. The molecule has 15 heavy (non-hydrogen) atoms. The van der Waals surface area contributed by atoms with Gasteiger partial charge in [0.2, 0.25) is 0 Å². The van der Waals surface area contributed by atoms with E-state index >= 15 is 0 Å². The Morgan fingerprint density at radius 2 is 2.00 bits per heavy atom. The minimum atomic E-state index is 0.716. The Morgan fingerprint density at radius 3 is 2.67 bits per heavy atom. The lowest BCUT2D eigenvalue weighted by molar-refractivity contribution is 0.771. The third-order valence-electron chi connectivity index (χ3n) is 1.89. The summed E-state index contributed by atoms with van der Waals surface area (Å²) in [6, 6.07) is 3.69. The molecule has 0 atom stereocenters. The van der Waals surface area contributed by atoms with Crippen molar-refractivity contribution in [2.24, 2.45) is 7.05 Å². The molecule has 6 nitrogen and oxygen atoms in total. The van der Waals surface area contributed by atoms with Crippen LogP contribution in [-0.2, 0) is 7.05 Å². The number of aryl methyl sites for hydroxylation is 1. The summed E-state index contributed by atoms with van der Waals surface area (Å²) in [6.07, 6.45) is 3.36. The summed E-state index contributed by atoms with van der Waals surface area (Å²) < 4.78 is 1.72. The van der Waals surface area contributed by atoms with Gasteiger partial charge in [-0.1, -0.05) is 0 Å². The highest BCUT2D eigenvalue weighted by atomic mass is 15.3. The molecule has 0 aromatic carbocycles. The molecule has 78 valence electrons. The van der Waals surface area contributed by atoms with Crippen LogP contribution in [0.5, 0.6) is 0 Å². The van der Waals surface area contributed by atoms with E-state index in [0.717, 1.165) is 11.6 Å². The number of aromatic nitrogens is 4. The molecule has 0 aliphatic carbocycles. The van der Waals surface area contributed by atoms with E-state index in [4.69, 9.17) is 0 Å². The lowest BCUT2D eigenvalue weighted by atomic mass is 10.5. The first-order valence-corrected chi connectivity index (χ1v) is 4.54. The molecule has 2 aromatic heterocycles. The van der Waals surface area contributed by atoms with Crippen LogP contribution in [0.3, 0.4) is 0 Å². The van der Waals surface area contributed by atoms with Crippen molar-refractivity contribution in [3.05, 3.63) is 24.7 Å². The van der Waals surface area contributed by atoms with Gasteiger partial charge in [-0.15, -0.1) is 0 Å². The number of nitrogens with one attached hydrogen (secondary N) is 2. The van der Waals surface area contributed by atoms with Gasteiger partial charge in [0.25, 0.3) is 0 Å². The minimum Gasteiger partial charge on any atom is -0.373 e. The van der Waals surface area contributed by atoms with Crippen LogP contribution in [0.15, 0.2) is 24.7 Å². The number of nitrogens with zero attached hydrogens (tertiary/aromatic N) is 4. The van der Waals surface area contributed by atoms with E-state index in [-0.39, 0.29) is 0 Å². The molecule has 0 radical (unpaired) electrons. The third kappa shape index (κ3) is 2.22. The highest BCUT2D eigenvalue weighted by Crippen LogP contribution is 2.13. The molecule has 2 aromatic rings. The summed E-state index contributed by atoms with van der Waals surface area (Å²) >= 11 is 0. The van der Waals surface area contributed by atoms with Gasteiger partial charge in [-0.25, -0.2) is 9.97 Å². The van der Waals surface area contributed by atoms with E-state index in [1.54, 1.807) is 4.68 Å². The maximum atomic E-state index is 4.19. The molecule has 0 aliphatic heterocycles. The van der Waals surface area contributed by atoms with Crippen molar-refractivity contribution in [3.63, 3.8) is 0 Å². The molecular weight excluding hydrogens is 192 g/mol. The van der Waals surface area contributed by atoms with Gasteiger partial charge in [0.15, 0.2) is 5.82 Å². The van der Waals surface area contributed by atoms with Crippen LogP contribution < -0.4 is 10.6 Å². The lowest BCUT2D eigenvalue weighted by Crippen LogP contribution is -1.99. The van der Waals surface area contributed by atoms with Crippen molar-refractivity contribution in [3.8, 4) is 0 Å². The van der Waals surface area contributed by atoms with Crippen molar-refractivity contribution in [2.45, 2.75) is 0 Å². The average Bonchev–Trinajstić information content (AvgIpc) is 2.64. The van der Waals surface area contributed by atoms with Gasteiger partial charge in [-0.3, -0.25) is 4.68 Å². The lowest BCUT2D eigenvalue weighted by Gasteiger charge is -2.03. The van der Waals surface area contributed by atoms with Crippen molar-refractivity contribution in [1.82, 2.24) is 19.7 Å². The highest BCUT2D eigenvalue weighted by molar-refractivity contribution is 5.54. The summed E-state index contributed by atoms with van der Waals surface area (Å²) in [4.78, 5) is 8.10. The first-order valence-electron chi connectivity index (χ1n) is 4.54. The molecule has 0 amide bonds. The van der Waals surface area contributed by atoms with E-state index in [1.807, 2.05) is 32.4 Å². The van der Waals surface area contributed by atoms with Crippen molar-refractivity contribution < 1.29 is 0 Å². The van der Waals surface area contributed by atoms with Crippen LogP contribution in [0.25, 0.3) is 0 Å². The van der Waals surface area contributed by atoms with E-state index in [0.29, 0.717) is 5.82 Å². The predicted molar refractivity (Wildman–Crippen MR) is 58.1 cm³/mol. The molecule has 2 N–H and O–H groups in total. The molecule has 2 heterocycles. The fraction of sp³-hybridized carbons (Fsp3) is 0.222. The first kappa shape index (κ1) is 9.45. The molecule has 0 saturated heterocycles. The quantitative estimate of drug-likeness (QED) is 0.780. The van der Waals surface area contributed by atoms with Gasteiger partial charge < -0.3 is 10.6 Å². The monoisotopic (exact) mass is 204 g/mol. The molecular formula is C9H12N6. The zero-order chi connectivity index (χ0) is 10.7. The number of hydrogen-bond acceptors (Lipinski definition) is 5. The molecule has 0 bridgehead atoms. The second-order valence-electron chi connectivity index (χ2n) is 3.04. The Balaban J connectivity index is 2.16. The highest BCUT2D eigenvalue weighted by Gasteiger charge is 1.99. The largest absolute Gasteiger partial charge is 0.373 e. The van der Waals surface area contributed by atoms with Crippen molar-refractivity contribution >= 4 is 17.5 Å². The molecule has 2 rings (SSSR count). The van der Waals surface area contributed by atoms with Crippen LogP contribution in [0.4, 0.5) is 17.5 Å². The maximum Gasteiger partial charge on any atom is 0.153 e. The van der Waals surface area contributed by atoms with E-state index in [2.05, 4.69) is 25.7 Å². The maximum absolute atomic E-state index is 4.19. The summed E-state index contributed by atoms with van der Waals surface area (Å²) in [5.41, 5.74) is 0. The normalized spacial score (nSPS) is 10.0. The Bertz CT molecular complexity index is 449.